The Kier molecular flexibility index (Phi) is 5.35. The zero-order chi connectivity index (χ0) is 19.6. The molecule has 26 heavy (non-hydrogen) atoms. The van der Waals surface area contributed by atoms with Crippen LogP contribution in [0.4, 0.5) is 10.7 Å². The lowest BCUT2D eigenvalue weighted by Gasteiger charge is -2.07. The molecule has 0 saturated heterocycles. The van der Waals surface area contributed by atoms with E-state index in [2.05, 4.69) is 15.2 Å². The maximum absolute atomic E-state index is 12.3. The first-order valence-electron chi connectivity index (χ1n) is 7.15. The minimum atomic E-state index is -0.739. The molecule has 0 aromatic carbocycles. The first-order chi connectivity index (χ1) is 12.2. The van der Waals surface area contributed by atoms with Crippen molar-refractivity contribution < 1.29 is 24.0 Å². The SMILES string of the molecule is COC(=O)c1c(NC(=O)Cn2ncc([N+](=O)[O-])c2C)sc(C(N)=O)c1C. The Morgan fingerprint density at radius 1 is 1.42 bits per heavy atom. The van der Waals surface area contributed by atoms with Crippen molar-refractivity contribution in [2.75, 3.05) is 12.4 Å². The molecular weight excluding hydrogens is 366 g/mol. The molecule has 3 N–H and O–H groups in total. The number of esters is 1. The van der Waals surface area contributed by atoms with E-state index < -0.39 is 22.7 Å². The van der Waals surface area contributed by atoms with Crippen LogP contribution in [-0.4, -0.2) is 39.6 Å². The van der Waals surface area contributed by atoms with E-state index in [9.17, 15) is 24.5 Å². The summed E-state index contributed by atoms with van der Waals surface area (Å²) in [6.07, 6.45) is 1.04. The number of anilines is 1. The molecule has 2 aromatic rings. The number of aromatic nitrogens is 2. The second-order valence-corrected chi connectivity index (χ2v) is 6.21. The van der Waals surface area contributed by atoms with Crippen LogP contribution in [0.1, 0.15) is 31.3 Å². The molecule has 0 aliphatic rings. The van der Waals surface area contributed by atoms with Crippen molar-refractivity contribution >= 4 is 39.8 Å². The lowest BCUT2D eigenvalue weighted by Crippen LogP contribution is -2.21. The summed E-state index contributed by atoms with van der Waals surface area (Å²) >= 11 is 0.846. The lowest BCUT2D eigenvalue weighted by atomic mass is 10.1. The third-order valence-corrected chi connectivity index (χ3v) is 4.80. The molecule has 0 saturated carbocycles. The number of nitrogens with one attached hydrogen (secondary N) is 1. The standard InChI is InChI=1S/C14H15N5O6S/c1-6-10(14(22)25-3)13(26-11(6)12(15)21)17-9(20)5-18-7(2)8(4-16-18)19(23)24/h4H,5H2,1-3H3,(H2,15,21)(H,17,20). The number of nitrogens with zero attached hydrogens (tertiary/aromatic N) is 3. The molecule has 11 nitrogen and oxygen atoms in total. The summed E-state index contributed by atoms with van der Waals surface area (Å²) in [5.41, 5.74) is 5.60. The highest BCUT2D eigenvalue weighted by Crippen LogP contribution is 2.33. The van der Waals surface area contributed by atoms with Crippen LogP contribution in [0.5, 0.6) is 0 Å². The maximum atomic E-state index is 12.3. The number of hydrogen-bond donors (Lipinski definition) is 2. The highest BCUT2D eigenvalue weighted by atomic mass is 32.1. The number of nitro groups is 1. The van der Waals surface area contributed by atoms with E-state index >= 15 is 0 Å². The monoisotopic (exact) mass is 381 g/mol. The van der Waals surface area contributed by atoms with E-state index in [0.29, 0.717) is 5.56 Å². The molecule has 2 amide bonds. The molecule has 0 radical (unpaired) electrons. The Morgan fingerprint density at radius 2 is 2.08 bits per heavy atom. The normalized spacial score (nSPS) is 10.4. The minimum absolute atomic E-state index is 0.0304. The summed E-state index contributed by atoms with van der Waals surface area (Å²) in [5, 5.41) is 17.2. The van der Waals surface area contributed by atoms with Crippen LogP contribution in [-0.2, 0) is 16.1 Å². The molecular formula is C14H15N5O6S. The molecule has 0 bridgehead atoms. The van der Waals surface area contributed by atoms with Crippen LogP contribution in [0.25, 0.3) is 0 Å². The lowest BCUT2D eigenvalue weighted by molar-refractivity contribution is -0.385. The van der Waals surface area contributed by atoms with Gasteiger partial charge in [-0.3, -0.25) is 24.4 Å². The van der Waals surface area contributed by atoms with Crippen LogP contribution in [0.3, 0.4) is 0 Å². The third kappa shape index (κ3) is 3.54. The number of thiophene rings is 1. The molecule has 2 rings (SSSR count). The minimum Gasteiger partial charge on any atom is -0.465 e. The van der Waals surface area contributed by atoms with Gasteiger partial charge in [0.05, 0.1) is 22.5 Å². The Labute approximate surface area is 150 Å². The number of methoxy groups -OCH3 is 1. The number of hydrogen-bond acceptors (Lipinski definition) is 8. The van der Waals surface area contributed by atoms with Gasteiger partial charge < -0.3 is 15.8 Å². The molecule has 0 spiro atoms. The smallest absolute Gasteiger partial charge is 0.341 e. The van der Waals surface area contributed by atoms with Gasteiger partial charge >= 0.3 is 11.7 Å². The summed E-state index contributed by atoms with van der Waals surface area (Å²) in [6, 6.07) is 0. The fraction of sp³-hybridized carbons (Fsp3) is 0.286. The zero-order valence-electron chi connectivity index (χ0n) is 14.1. The van der Waals surface area contributed by atoms with Gasteiger partial charge in [0.25, 0.3) is 5.91 Å². The van der Waals surface area contributed by atoms with Crippen molar-refractivity contribution in [3.63, 3.8) is 0 Å². The predicted molar refractivity (Wildman–Crippen MR) is 91.2 cm³/mol. The summed E-state index contributed by atoms with van der Waals surface area (Å²) in [5.74, 6) is -2.06. The Bertz CT molecular complexity index is 915. The first-order valence-corrected chi connectivity index (χ1v) is 7.97. The maximum Gasteiger partial charge on any atom is 0.341 e. The van der Waals surface area contributed by atoms with Crippen LogP contribution in [0.15, 0.2) is 6.20 Å². The molecule has 12 heteroatoms. The number of ether oxygens (including phenoxy) is 1. The van der Waals surface area contributed by atoms with Gasteiger partial charge in [0, 0.05) is 0 Å². The molecule has 0 aliphatic heterocycles. The molecule has 2 heterocycles. The van der Waals surface area contributed by atoms with Crippen LogP contribution >= 0.6 is 11.3 Å². The number of rotatable bonds is 6. The Morgan fingerprint density at radius 3 is 2.58 bits per heavy atom. The van der Waals surface area contributed by atoms with Crippen molar-refractivity contribution in [1.29, 1.82) is 0 Å². The van der Waals surface area contributed by atoms with Crippen molar-refractivity contribution in [1.82, 2.24) is 9.78 Å². The number of amides is 2. The first kappa shape index (κ1) is 19.1. The average Bonchev–Trinajstić information content (AvgIpc) is 3.07. The average molecular weight is 381 g/mol. The molecule has 0 aliphatic carbocycles. The summed E-state index contributed by atoms with van der Waals surface area (Å²) in [6.45, 7) is 2.65. The topological polar surface area (TPSA) is 159 Å². The van der Waals surface area contributed by atoms with Gasteiger partial charge in [-0.15, -0.1) is 11.3 Å². The van der Waals surface area contributed by atoms with Crippen LogP contribution < -0.4 is 11.1 Å². The number of carbonyl (C=O) groups excluding carboxylic acids is 3. The Hall–Kier alpha value is -3.28. The van der Waals surface area contributed by atoms with Crippen molar-refractivity contribution in [2.45, 2.75) is 20.4 Å². The van der Waals surface area contributed by atoms with Crippen molar-refractivity contribution in [2.24, 2.45) is 5.73 Å². The molecule has 0 unspecified atom stereocenters. The molecule has 0 atom stereocenters. The van der Waals surface area contributed by atoms with Gasteiger partial charge in [-0.1, -0.05) is 0 Å². The van der Waals surface area contributed by atoms with E-state index in [1.165, 1.54) is 21.0 Å². The quantitative estimate of drug-likeness (QED) is 0.428. The van der Waals surface area contributed by atoms with E-state index in [1.807, 2.05) is 0 Å². The highest BCUT2D eigenvalue weighted by molar-refractivity contribution is 7.18. The van der Waals surface area contributed by atoms with Crippen LogP contribution in [0, 0.1) is 24.0 Å². The second-order valence-electron chi connectivity index (χ2n) is 5.19. The number of carbonyl (C=O) groups is 3. The van der Waals surface area contributed by atoms with Gasteiger partial charge in [0.2, 0.25) is 5.91 Å². The largest absolute Gasteiger partial charge is 0.465 e. The number of nitrogens with two attached hydrogens (primary N) is 1. The fourth-order valence-corrected chi connectivity index (χ4v) is 3.33. The highest BCUT2D eigenvalue weighted by Gasteiger charge is 2.26. The molecule has 138 valence electrons. The summed E-state index contributed by atoms with van der Waals surface area (Å²) < 4.78 is 5.82. The van der Waals surface area contributed by atoms with E-state index in [0.717, 1.165) is 22.2 Å². The molecule has 0 fully saturated rings. The van der Waals surface area contributed by atoms with E-state index in [1.54, 1.807) is 0 Å². The summed E-state index contributed by atoms with van der Waals surface area (Å²) in [4.78, 5) is 46.0. The Balaban J connectivity index is 2.29. The molecule has 2 aromatic heterocycles. The number of primary amides is 1. The van der Waals surface area contributed by atoms with Gasteiger partial charge in [0.15, 0.2) is 0 Å². The summed E-state index contributed by atoms with van der Waals surface area (Å²) in [7, 11) is 1.17. The van der Waals surface area contributed by atoms with Crippen molar-refractivity contribution in [3.8, 4) is 0 Å². The third-order valence-electron chi connectivity index (χ3n) is 3.58. The second kappa shape index (κ2) is 7.31. The van der Waals surface area contributed by atoms with Gasteiger partial charge in [0.1, 0.15) is 23.4 Å². The van der Waals surface area contributed by atoms with Gasteiger partial charge in [-0.2, -0.15) is 5.10 Å². The zero-order valence-corrected chi connectivity index (χ0v) is 14.9. The van der Waals surface area contributed by atoms with E-state index in [-0.39, 0.29) is 33.4 Å². The van der Waals surface area contributed by atoms with E-state index in [4.69, 9.17) is 5.73 Å². The van der Waals surface area contributed by atoms with Gasteiger partial charge in [-0.25, -0.2) is 4.79 Å². The van der Waals surface area contributed by atoms with Crippen LogP contribution in [0.2, 0.25) is 0 Å². The van der Waals surface area contributed by atoms with Gasteiger partial charge in [-0.05, 0) is 19.4 Å². The predicted octanol–water partition coefficient (Wildman–Crippen LogP) is 0.994. The van der Waals surface area contributed by atoms with Crippen molar-refractivity contribution in [3.05, 3.63) is 38.0 Å². The fourth-order valence-electron chi connectivity index (χ4n) is 2.26.